The molecule has 0 aliphatic rings. The van der Waals surface area contributed by atoms with Crippen LogP contribution in [0.3, 0.4) is 0 Å². The topological polar surface area (TPSA) is 89.5 Å². The van der Waals surface area contributed by atoms with E-state index in [9.17, 15) is 17.6 Å². The molecule has 0 bridgehead atoms. The first kappa shape index (κ1) is 21.8. The minimum atomic E-state index is -3.93. The molecule has 0 N–H and O–H groups in total. The molecule has 0 saturated heterocycles. The molecule has 4 rings (SSSR count). The van der Waals surface area contributed by atoms with Gasteiger partial charge in [-0.25, -0.2) is 17.8 Å². The number of carbonyl (C=O) groups is 1. The van der Waals surface area contributed by atoms with Crippen LogP contribution in [0.5, 0.6) is 5.75 Å². The third kappa shape index (κ3) is 4.61. The predicted octanol–water partition coefficient (Wildman–Crippen LogP) is 3.85. The lowest BCUT2D eigenvalue weighted by atomic mass is 10.3. The number of sulfone groups is 1. The van der Waals surface area contributed by atoms with E-state index >= 15 is 0 Å². The van der Waals surface area contributed by atoms with Gasteiger partial charge in [0.2, 0.25) is 5.91 Å². The molecule has 2 aromatic heterocycles. The number of rotatable bonds is 7. The Morgan fingerprint density at radius 3 is 2.53 bits per heavy atom. The number of fused-ring (bicyclic) bond motifs is 1. The number of pyridine rings is 1. The first-order valence-corrected chi connectivity index (χ1v) is 12.0. The van der Waals surface area contributed by atoms with Crippen molar-refractivity contribution in [2.75, 3.05) is 17.8 Å². The van der Waals surface area contributed by atoms with E-state index in [1.807, 2.05) is 0 Å². The van der Waals surface area contributed by atoms with Crippen molar-refractivity contribution in [3.05, 3.63) is 78.4 Å². The van der Waals surface area contributed by atoms with E-state index in [4.69, 9.17) is 4.74 Å². The SMILES string of the molecule is COc1ccc(S(=O)(=O)CC(=O)N(Cc2ccccn2)c2nc3c(F)cccc3s2)cc1. The lowest BCUT2D eigenvalue weighted by Crippen LogP contribution is -2.35. The van der Waals surface area contributed by atoms with Gasteiger partial charge in [-0.3, -0.25) is 14.7 Å². The Hall–Kier alpha value is -3.37. The molecule has 2 heterocycles. The summed E-state index contributed by atoms with van der Waals surface area (Å²) < 4.78 is 45.5. The lowest BCUT2D eigenvalue weighted by molar-refractivity contribution is -0.116. The van der Waals surface area contributed by atoms with E-state index in [1.165, 1.54) is 42.3 Å². The third-order valence-electron chi connectivity index (χ3n) is 4.67. The highest BCUT2D eigenvalue weighted by atomic mass is 32.2. The molecule has 1 amide bonds. The summed E-state index contributed by atoms with van der Waals surface area (Å²) >= 11 is 1.11. The van der Waals surface area contributed by atoms with Gasteiger partial charge in [0.25, 0.3) is 0 Å². The summed E-state index contributed by atoms with van der Waals surface area (Å²) in [5.74, 6) is -1.47. The molecule has 2 aromatic carbocycles. The van der Waals surface area contributed by atoms with Gasteiger partial charge in [-0.05, 0) is 48.5 Å². The highest BCUT2D eigenvalue weighted by molar-refractivity contribution is 7.92. The zero-order chi connectivity index (χ0) is 22.7. The molecule has 164 valence electrons. The number of aromatic nitrogens is 2. The van der Waals surface area contributed by atoms with Gasteiger partial charge in [-0.2, -0.15) is 0 Å². The van der Waals surface area contributed by atoms with Gasteiger partial charge in [0.05, 0.1) is 28.9 Å². The van der Waals surface area contributed by atoms with Crippen LogP contribution in [-0.4, -0.2) is 37.2 Å². The van der Waals surface area contributed by atoms with Crippen LogP contribution in [0.15, 0.2) is 71.8 Å². The number of hydrogen-bond acceptors (Lipinski definition) is 7. The fraction of sp³-hybridized carbons (Fsp3) is 0.136. The smallest absolute Gasteiger partial charge is 0.244 e. The molecule has 0 fully saturated rings. The van der Waals surface area contributed by atoms with Crippen molar-refractivity contribution in [3.63, 3.8) is 0 Å². The number of ether oxygens (including phenoxy) is 1. The maximum Gasteiger partial charge on any atom is 0.244 e. The second-order valence-electron chi connectivity index (χ2n) is 6.82. The molecule has 0 unspecified atom stereocenters. The average molecular weight is 472 g/mol. The summed E-state index contributed by atoms with van der Waals surface area (Å²) in [5, 5.41) is 0.200. The zero-order valence-electron chi connectivity index (χ0n) is 16.9. The van der Waals surface area contributed by atoms with Crippen molar-refractivity contribution >= 4 is 42.4 Å². The Bertz CT molecular complexity index is 1360. The molecule has 7 nitrogen and oxygen atoms in total. The number of anilines is 1. The minimum Gasteiger partial charge on any atom is -0.497 e. The number of amides is 1. The largest absolute Gasteiger partial charge is 0.497 e. The Morgan fingerprint density at radius 2 is 1.88 bits per heavy atom. The molecule has 10 heteroatoms. The van der Waals surface area contributed by atoms with Crippen LogP contribution in [0.25, 0.3) is 10.2 Å². The van der Waals surface area contributed by atoms with Crippen LogP contribution >= 0.6 is 11.3 Å². The van der Waals surface area contributed by atoms with Crippen LogP contribution < -0.4 is 9.64 Å². The van der Waals surface area contributed by atoms with Crippen LogP contribution in [0.1, 0.15) is 5.69 Å². The van der Waals surface area contributed by atoms with Crippen LogP contribution in [0.4, 0.5) is 9.52 Å². The number of halogens is 1. The first-order valence-electron chi connectivity index (χ1n) is 9.49. The monoisotopic (exact) mass is 471 g/mol. The molecule has 0 atom stereocenters. The highest BCUT2D eigenvalue weighted by Crippen LogP contribution is 2.31. The van der Waals surface area contributed by atoms with Gasteiger partial charge in [-0.1, -0.05) is 23.5 Å². The van der Waals surface area contributed by atoms with Crippen LogP contribution in [0.2, 0.25) is 0 Å². The van der Waals surface area contributed by atoms with E-state index in [-0.39, 0.29) is 22.1 Å². The maximum absolute atomic E-state index is 14.2. The van der Waals surface area contributed by atoms with Crippen molar-refractivity contribution < 1.29 is 22.3 Å². The molecular weight excluding hydrogens is 453 g/mol. The number of methoxy groups -OCH3 is 1. The number of hydrogen-bond donors (Lipinski definition) is 0. The number of benzene rings is 2. The Labute approximate surface area is 188 Å². The van der Waals surface area contributed by atoms with Crippen molar-refractivity contribution in [2.45, 2.75) is 11.4 Å². The van der Waals surface area contributed by atoms with E-state index in [0.717, 1.165) is 11.3 Å². The molecule has 0 aliphatic carbocycles. The molecule has 0 aliphatic heterocycles. The molecule has 0 spiro atoms. The van der Waals surface area contributed by atoms with Crippen molar-refractivity contribution in [1.82, 2.24) is 9.97 Å². The number of carbonyl (C=O) groups excluding carboxylic acids is 1. The molecule has 0 saturated carbocycles. The van der Waals surface area contributed by atoms with Crippen molar-refractivity contribution in [2.24, 2.45) is 0 Å². The molecule has 0 radical (unpaired) electrons. The maximum atomic E-state index is 14.2. The zero-order valence-corrected chi connectivity index (χ0v) is 18.6. The molecule has 4 aromatic rings. The highest BCUT2D eigenvalue weighted by Gasteiger charge is 2.27. The van der Waals surface area contributed by atoms with E-state index < -0.39 is 27.3 Å². The second kappa shape index (κ2) is 9.01. The van der Waals surface area contributed by atoms with Gasteiger partial charge >= 0.3 is 0 Å². The average Bonchev–Trinajstić information content (AvgIpc) is 3.23. The summed E-state index contributed by atoms with van der Waals surface area (Å²) in [4.78, 5) is 22.9. The van der Waals surface area contributed by atoms with Gasteiger partial charge in [0, 0.05) is 6.20 Å². The number of thiazole rings is 1. The lowest BCUT2D eigenvalue weighted by Gasteiger charge is -2.19. The molecule has 32 heavy (non-hydrogen) atoms. The Balaban J connectivity index is 1.68. The summed E-state index contributed by atoms with van der Waals surface area (Å²) in [6, 6.07) is 15.5. The third-order valence-corrected chi connectivity index (χ3v) is 7.33. The van der Waals surface area contributed by atoms with Crippen LogP contribution in [-0.2, 0) is 21.2 Å². The van der Waals surface area contributed by atoms with E-state index in [1.54, 1.807) is 36.5 Å². The normalized spacial score (nSPS) is 11.4. The quantitative estimate of drug-likeness (QED) is 0.407. The summed E-state index contributed by atoms with van der Waals surface area (Å²) in [6.45, 7) is -0.000747. The van der Waals surface area contributed by atoms with Crippen molar-refractivity contribution in [1.29, 1.82) is 0 Å². The van der Waals surface area contributed by atoms with Gasteiger partial charge in [0.1, 0.15) is 22.8 Å². The van der Waals surface area contributed by atoms with Crippen molar-refractivity contribution in [3.8, 4) is 5.75 Å². The minimum absolute atomic E-state index is 0.000203. The van der Waals surface area contributed by atoms with Gasteiger partial charge in [-0.15, -0.1) is 0 Å². The second-order valence-corrected chi connectivity index (χ2v) is 9.82. The number of nitrogens with zero attached hydrogens (tertiary/aromatic N) is 3. The first-order chi connectivity index (χ1) is 15.4. The van der Waals surface area contributed by atoms with Gasteiger partial charge in [0.15, 0.2) is 15.0 Å². The standard InChI is InChI=1S/C22H18FN3O4S2/c1-30-16-8-10-17(11-9-16)32(28,29)14-20(27)26(13-15-5-2-3-12-24-15)22-25-21-18(23)6-4-7-19(21)31-22/h2-12H,13-14H2,1H3. The van der Waals surface area contributed by atoms with Crippen LogP contribution in [0, 0.1) is 5.82 Å². The fourth-order valence-electron chi connectivity index (χ4n) is 3.04. The summed E-state index contributed by atoms with van der Waals surface area (Å²) in [6.07, 6.45) is 1.57. The summed E-state index contributed by atoms with van der Waals surface area (Å²) in [7, 11) is -2.46. The predicted molar refractivity (Wildman–Crippen MR) is 120 cm³/mol. The molecular formula is C22H18FN3O4S2. The number of para-hydroxylation sites is 1. The fourth-order valence-corrected chi connectivity index (χ4v) is 5.24. The van der Waals surface area contributed by atoms with E-state index in [0.29, 0.717) is 16.1 Å². The Kier molecular flexibility index (Phi) is 6.15. The Morgan fingerprint density at radius 1 is 1.09 bits per heavy atom. The van der Waals surface area contributed by atoms with E-state index in [2.05, 4.69) is 9.97 Å². The van der Waals surface area contributed by atoms with Gasteiger partial charge < -0.3 is 4.74 Å². The summed E-state index contributed by atoms with van der Waals surface area (Å²) in [5.41, 5.74) is 0.673.